The summed E-state index contributed by atoms with van der Waals surface area (Å²) >= 11 is 0. The maximum atomic E-state index is 14.7. The number of pyridine rings is 1. The van der Waals surface area contributed by atoms with Crippen molar-refractivity contribution in [3.8, 4) is 34.3 Å². The molecule has 0 radical (unpaired) electrons. The lowest BCUT2D eigenvalue weighted by atomic mass is 10.0. The number of methoxy groups -OCH3 is 1. The zero-order chi connectivity index (χ0) is 30.0. The third-order valence-corrected chi connectivity index (χ3v) is 6.60. The number of halogens is 1. The molecule has 5 rings (SSSR count). The maximum Gasteiger partial charge on any atom is 0.274 e. The molecule has 3 heterocycles. The molecule has 0 spiro atoms. The number of anilines is 2. The van der Waals surface area contributed by atoms with E-state index in [-0.39, 0.29) is 41.5 Å². The summed E-state index contributed by atoms with van der Waals surface area (Å²) in [6.45, 7) is -2.40. The van der Waals surface area contributed by atoms with Gasteiger partial charge < -0.3 is 25.8 Å². The highest BCUT2D eigenvalue weighted by Gasteiger charge is 2.32. The van der Waals surface area contributed by atoms with Crippen molar-refractivity contribution in [1.82, 2.24) is 15.0 Å². The smallest absolute Gasteiger partial charge is 0.274 e. The van der Waals surface area contributed by atoms with Crippen LogP contribution in [0.5, 0.6) is 5.75 Å². The van der Waals surface area contributed by atoms with Crippen molar-refractivity contribution in [3.05, 3.63) is 84.2 Å². The standard InChI is InChI=1S/C29H26FN7O3/c1-40-26-4-2-3-22(30)27(26)28-34-10-8-24(35-28)29(39)36-23-6-5-17(21-14-33-9-7-18(21)13-31)11-25(23)37-15-19(32)12-20(37)16-38/h2-11,14,19-20,38H,12,15-16,32H2,1H3,(H,36,39)/t19-,20-/m0/s1/i16D2. The summed E-state index contributed by atoms with van der Waals surface area (Å²) in [6.07, 6.45) is 4.53. The molecule has 1 fully saturated rings. The number of hydrogen-bond donors (Lipinski definition) is 3. The van der Waals surface area contributed by atoms with Gasteiger partial charge in [0.05, 0.1) is 51.0 Å². The van der Waals surface area contributed by atoms with Gasteiger partial charge in [-0.15, -0.1) is 0 Å². The first-order valence-corrected chi connectivity index (χ1v) is 12.3. The van der Waals surface area contributed by atoms with E-state index in [1.165, 1.54) is 43.9 Å². The average Bonchev–Trinajstić information content (AvgIpc) is 3.39. The van der Waals surface area contributed by atoms with E-state index in [1.807, 2.05) is 0 Å². The van der Waals surface area contributed by atoms with Gasteiger partial charge >= 0.3 is 0 Å². The van der Waals surface area contributed by atoms with Crippen molar-refractivity contribution in [3.63, 3.8) is 0 Å². The number of nitrogens with two attached hydrogens (primary N) is 1. The summed E-state index contributed by atoms with van der Waals surface area (Å²) < 4.78 is 35.9. The SMILES string of the molecule is [2H]C([2H])(O)[C@@H]1C[C@H](N)CN1c1cc(-c2cnccc2C#N)ccc1NC(=O)c1ccnc(-c2c(F)cccc2OC)n1. The van der Waals surface area contributed by atoms with Crippen molar-refractivity contribution in [2.24, 2.45) is 5.73 Å². The van der Waals surface area contributed by atoms with Crippen LogP contribution in [-0.2, 0) is 0 Å². The fourth-order valence-corrected chi connectivity index (χ4v) is 4.70. The largest absolute Gasteiger partial charge is 0.496 e. The molecule has 2 aromatic heterocycles. The maximum absolute atomic E-state index is 14.7. The molecule has 0 aliphatic carbocycles. The van der Waals surface area contributed by atoms with Crippen LogP contribution < -0.4 is 20.7 Å². The highest BCUT2D eigenvalue weighted by Crippen LogP contribution is 2.37. The van der Waals surface area contributed by atoms with E-state index in [9.17, 15) is 19.6 Å². The monoisotopic (exact) mass is 541 g/mol. The van der Waals surface area contributed by atoms with Crippen LogP contribution >= 0.6 is 0 Å². The Labute approximate surface area is 232 Å². The summed E-state index contributed by atoms with van der Waals surface area (Å²) in [5, 5.41) is 22.7. The van der Waals surface area contributed by atoms with Crippen LogP contribution in [0.1, 0.15) is 25.2 Å². The normalized spacial score (nSPS) is 17.5. The van der Waals surface area contributed by atoms with Gasteiger partial charge in [-0.25, -0.2) is 14.4 Å². The minimum Gasteiger partial charge on any atom is -0.496 e. The van der Waals surface area contributed by atoms with Gasteiger partial charge in [-0.3, -0.25) is 9.78 Å². The number of hydrogen-bond acceptors (Lipinski definition) is 9. The van der Waals surface area contributed by atoms with Crippen LogP contribution in [0.25, 0.3) is 22.5 Å². The average molecular weight is 542 g/mol. The number of ether oxygens (including phenoxy) is 1. The van der Waals surface area contributed by atoms with Gasteiger partial charge in [0.1, 0.15) is 17.3 Å². The number of nitriles is 1. The van der Waals surface area contributed by atoms with Gasteiger partial charge in [0, 0.05) is 36.7 Å². The lowest BCUT2D eigenvalue weighted by Crippen LogP contribution is -2.33. The van der Waals surface area contributed by atoms with Gasteiger partial charge in [0.15, 0.2) is 5.82 Å². The predicted octanol–water partition coefficient (Wildman–Crippen LogP) is 3.38. The van der Waals surface area contributed by atoms with Gasteiger partial charge in [-0.05, 0) is 48.4 Å². The fraction of sp³-hybridized carbons (Fsp3) is 0.207. The number of carbonyl (C=O) groups is 1. The van der Waals surface area contributed by atoms with Crippen molar-refractivity contribution in [2.75, 3.05) is 30.4 Å². The highest BCUT2D eigenvalue weighted by atomic mass is 19.1. The van der Waals surface area contributed by atoms with Crippen molar-refractivity contribution in [1.29, 1.82) is 5.26 Å². The van der Waals surface area contributed by atoms with E-state index in [2.05, 4.69) is 26.3 Å². The Balaban J connectivity index is 1.56. The molecule has 0 bridgehead atoms. The highest BCUT2D eigenvalue weighted by molar-refractivity contribution is 6.05. The molecule has 2 atom stereocenters. The molecule has 1 amide bonds. The minimum absolute atomic E-state index is 0.00327. The zero-order valence-corrected chi connectivity index (χ0v) is 21.4. The molecular formula is C29H26FN7O3. The van der Waals surface area contributed by atoms with E-state index >= 15 is 0 Å². The molecule has 10 nitrogen and oxygen atoms in total. The van der Waals surface area contributed by atoms with Crippen molar-refractivity contribution in [2.45, 2.75) is 18.5 Å². The number of carbonyl (C=O) groups excluding carboxylic acids is 1. The van der Waals surface area contributed by atoms with Crippen LogP contribution in [0.4, 0.5) is 15.8 Å². The van der Waals surface area contributed by atoms with Crippen LogP contribution in [0.3, 0.4) is 0 Å². The summed E-state index contributed by atoms with van der Waals surface area (Å²) in [6, 6.07) is 12.9. The second-order valence-corrected chi connectivity index (χ2v) is 9.09. The number of benzene rings is 2. The number of aliphatic hydroxyl groups is 1. The second-order valence-electron chi connectivity index (χ2n) is 9.09. The van der Waals surface area contributed by atoms with Gasteiger partial charge in [0.25, 0.3) is 5.91 Å². The van der Waals surface area contributed by atoms with E-state index in [0.29, 0.717) is 22.4 Å². The lowest BCUT2D eigenvalue weighted by Gasteiger charge is -2.28. The van der Waals surface area contributed by atoms with Gasteiger partial charge in [0.2, 0.25) is 0 Å². The third-order valence-electron chi connectivity index (χ3n) is 6.60. The predicted molar refractivity (Wildman–Crippen MR) is 147 cm³/mol. The van der Waals surface area contributed by atoms with Gasteiger partial charge in [-0.2, -0.15) is 5.26 Å². The van der Waals surface area contributed by atoms with Crippen molar-refractivity contribution >= 4 is 17.3 Å². The number of aromatic nitrogens is 3. The lowest BCUT2D eigenvalue weighted by molar-refractivity contribution is 0.102. The Hall–Kier alpha value is -4.92. The summed E-state index contributed by atoms with van der Waals surface area (Å²) in [4.78, 5) is 27.6. The molecule has 0 saturated carbocycles. The first-order valence-electron chi connectivity index (χ1n) is 13.3. The summed E-state index contributed by atoms with van der Waals surface area (Å²) in [7, 11) is 1.39. The Morgan fingerprint density at radius 1 is 1.32 bits per heavy atom. The van der Waals surface area contributed by atoms with E-state index in [1.54, 1.807) is 35.2 Å². The zero-order valence-electron chi connectivity index (χ0n) is 23.4. The Morgan fingerprint density at radius 3 is 2.95 bits per heavy atom. The van der Waals surface area contributed by atoms with Gasteiger partial charge in [-0.1, -0.05) is 12.1 Å². The third kappa shape index (κ3) is 5.18. The quantitative estimate of drug-likeness (QED) is 0.320. The van der Waals surface area contributed by atoms with Crippen LogP contribution in [0.15, 0.2) is 67.1 Å². The molecule has 4 aromatic rings. The summed E-state index contributed by atoms with van der Waals surface area (Å²) in [5.41, 5.74) is 8.25. The summed E-state index contributed by atoms with van der Waals surface area (Å²) in [5.74, 6) is -1.11. The topological polar surface area (TPSA) is 150 Å². The van der Waals surface area contributed by atoms with Crippen LogP contribution in [0, 0.1) is 17.1 Å². The van der Waals surface area contributed by atoms with E-state index in [0.717, 1.165) is 0 Å². The Kier molecular flexibility index (Phi) is 6.91. The van der Waals surface area contributed by atoms with E-state index < -0.39 is 30.4 Å². The van der Waals surface area contributed by atoms with Crippen LogP contribution in [0.2, 0.25) is 0 Å². The molecule has 202 valence electrons. The van der Waals surface area contributed by atoms with Crippen LogP contribution in [-0.4, -0.2) is 58.3 Å². The Bertz CT molecular complexity index is 1690. The molecule has 11 heteroatoms. The molecule has 2 aromatic carbocycles. The molecule has 0 unspecified atom stereocenters. The number of rotatable bonds is 7. The molecule has 4 N–H and O–H groups in total. The molecule has 40 heavy (non-hydrogen) atoms. The first kappa shape index (κ1) is 24.1. The second kappa shape index (κ2) is 11.4. The molecule has 1 saturated heterocycles. The van der Waals surface area contributed by atoms with Crippen molar-refractivity contribution < 1.29 is 21.8 Å². The number of amides is 1. The van der Waals surface area contributed by atoms with E-state index in [4.69, 9.17) is 13.2 Å². The Morgan fingerprint density at radius 2 is 2.17 bits per heavy atom. The fourth-order valence-electron chi connectivity index (χ4n) is 4.70. The number of nitrogens with zero attached hydrogens (tertiary/aromatic N) is 5. The first-order chi connectivity index (χ1) is 20.1. The minimum atomic E-state index is -2.60. The number of nitrogens with one attached hydrogen (secondary N) is 1. The molecular weight excluding hydrogens is 513 g/mol. The molecule has 1 aliphatic heterocycles. The molecule has 1 aliphatic rings.